The Morgan fingerprint density at radius 3 is 2.21 bits per heavy atom. The van der Waals surface area contributed by atoms with E-state index in [2.05, 4.69) is 67.5 Å². The Bertz CT molecular complexity index is 770. The number of nitrogens with zero attached hydrogens (tertiary/aromatic N) is 1. The molecule has 4 heteroatoms. The number of carbonyl (C=O) groups is 1. The molecule has 0 spiro atoms. The van der Waals surface area contributed by atoms with Crippen LogP contribution >= 0.6 is 0 Å². The highest BCUT2D eigenvalue weighted by Crippen LogP contribution is 2.29. The van der Waals surface area contributed by atoms with Crippen LogP contribution in [0, 0.1) is 0 Å². The Morgan fingerprint density at radius 2 is 1.64 bits per heavy atom. The summed E-state index contributed by atoms with van der Waals surface area (Å²) in [5.41, 5.74) is 1.32. The van der Waals surface area contributed by atoms with E-state index in [4.69, 9.17) is 0 Å². The van der Waals surface area contributed by atoms with Crippen molar-refractivity contribution in [2.45, 2.75) is 44.1 Å². The van der Waals surface area contributed by atoms with Crippen LogP contribution in [0.3, 0.4) is 0 Å². The SMILES string of the molecule is C=C[C@H]([C@H](NCc1ccccc1)C(=O)N1CCCC1)[Si](C)(C)c1ccccc1. The van der Waals surface area contributed by atoms with Crippen LogP contribution in [-0.2, 0) is 11.3 Å². The van der Waals surface area contributed by atoms with Gasteiger partial charge in [-0.25, -0.2) is 0 Å². The van der Waals surface area contributed by atoms with Crippen LogP contribution in [0.2, 0.25) is 18.6 Å². The molecule has 0 bridgehead atoms. The Kier molecular flexibility index (Phi) is 6.86. The zero-order valence-corrected chi connectivity index (χ0v) is 18.1. The fourth-order valence-corrected chi connectivity index (χ4v) is 7.35. The molecule has 1 N–H and O–H groups in total. The zero-order valence-electron chi connectivity index (χ0n) is 17.1. The summed E-state index contributed by atoms with van der Waals surface area (Å²) in [6, 6.07) is 20.7. The minimum atomic E-state index is -1.95. The van der Waals surface area contributed by atoms with Crippen molar-refractivity contribution in [3.8, 4) is 0 Å². The van der Waals surface area contributed by atoms with E-state index in [1.54, 1.807) is 0 Å². The normalized spacial score (nSPS) is 16.6. The molecule has 0 saturated carbocycles. The van der Waals surface area contributed by atoms with E-state index in [9.17, 15) is 4.79 Å². The van der Waals surface area contributed by atoms with Crippen molar-refractivity contribution in [2.24, 2.45) is 0 Å². The summed E-state index contributed by atoms with van der Waals surface area (Å²) in [4.78, 5) is 15.5. The number of hydrogen-bond donors (Lipinski definition) is 1. The van der Waals surface area contributed by atoms with Gasteiger partial charge in [-0.3, -0.25) is 4.79 Å². The molecule has 0 unspecified atom stereocenters. The smallest absolute Gasteiger partial charge is 0.240 e. The van der Waals surface area contributed by atoms with Crippen molar-refractivity contribution in [1.29, 1.82) is 0 Å². The predicted octanol–water partition coefficient (Wildman–Crippen LogP) is 3.94. The van der Waals surface area contributed by atoms with Crippen LogP contribution in [0.5, 0.6) is 0 Å². The quantitative estimate of drug-likeness (QED) is 0.545. The van der Waals surface area contributed by atoms with E-state index in [1.165, 1.54) is 10.8 Å². The molecular weight excluding hydrogens is 360 g/mol. The monoisotopic (exact) mass is 392 g/mol. The minimum Gasteiger partial charge on any atom is -0.341 e. The van der Waals surface area contributed by atoms with E-state index in [0.717, 1.165) is 25.9 Å². The standard InChI is InChI=1S/C24H32N2OSi/c1-4-22(28(2,3)21-15-9-6-10-16-21)23(24(27)26-17-11-12-18-26)25-19-20-13-7-5-8-14-20/h4-10,13-16,22-23,25H,1,11-12,17-19H2,2-3H3/t22-,23+/m1/s1. The van der Waals surface area contributed by atoms with Gasteiger partial charge in [-0.1, -0.05) is 85.0 Å². The molecule has 148 valence electrons. The van der Waals surface area contributed by atoms with Gasteiger partial charge in [-0.15, -0.1) is 6.58 Å². The maximum atomic E-state index is 13.5. The summed E-state index contributed by atoms with van der Waals surface area (Å²) in [7, 11) is -1.95. The molecule has 0 radical (unpaired) electrons. The van der Waals surface area contributed by atoms with Crippen LogP contribution in [0.15, 0.2) is 73.3 Å². The van der Waals surface area contributed by atoms with Crippen LogP contribution in [0.25, 0.3) is 0 Å². The van der Waals surface area contributed by atoms with Crippen LogP contribution in [0.4, 0.5) is 0 Å². The van der Waals surface area contributed by atoms with Gasteiger partial charge < -0.3 is 10.2 Å². The van der Waals surface area contributed by atoms with Gasteiger partial charge in [0.05, 0.1) is 14.1 Å². The molecule has 2 aromatic rings. The summed E-state index contributed by atoms with van der Waals surface area (Å²) >= 11 is 0. The van der Waals surface area contributed by atoms with Gasteiger partial charge in [0.25, 0.3) is 0 Å². The van der Waals surface area contributed by atoms with Gasteiger partial charge in [0.15, 0.2) is 0 Å². The Labute approximate surface area is 170 Å². The number of carbonyl (C=O) groups excluding carboxylic acids is 1. The molecule has 2 atom stereocenters. The molecule has 2 aromatic carbocycles. The number of rotatable bonds is 8. The van der Waals surface area contributed by atoms with Crippen LogP contribution in [0.1, 0.15) is 18.4 Å². The van der Waals surface area contributed by atoms with Gasteiger partial charge in [-0.2, -0.15) is 0 Å². The second-order valence-corrected chi connectivity index (χ2v) is 12.9. The summed E-state index contributed by atoms with van der Waals surface area (Å²) in [6.07, 6.45) is 4.24. The topological polar surface area (TPSA) is 32.3 Å². The number of amides is 1. The zero-order chi connectivity index (χ0) is 20.0. The van der Waals surface area contributed by atoms with E-state index >= 15 is 0 Å². The molecule has 1 aliphatic heterocycles. The predicted molar refractivity (Wildman–Crippen MR) is 120 cm³/mol. The molecule has 1 heterocycles. The van der Waals surface area contributed by atoms with Crippen molar-refractivity contribution in [3.63, 3.8) is 0 Å². The molecule has 1 saturated heterocycles. The van der Waals surface area contributed by atoms with Gasteiger partial charge in [-0.05, 0) is 18.4 Å². The highest BCUT2D eigenvalue weighted by atomic mass is 28.3. The number of hydrogen-bond acceptors (Lipinski definition) is 2. The lowest BCUT2D eigenvalue weighted by molar-refractivity contribution is -0.132. The lowest BCUT2D eigenvalue weighted by Crippen LogP contribution is -2.57. The van der Waals surface area contributed by atoms with Crippen molar-refractivity contribution in [1.82, 2.24) is 10.2 Å². The van der Waals surface area contributed by atoms with E-state index < -0.39 is 8.07 Å². The lowest BCUT2D eigenvalue weighted by Gasteiger charge is -2.38. The summed E-state index contributed by atoms with van der Waals surface area (Å²) in [5.74, 6) is 0.231. The average molecular weight is 393 g/mol. The fraction of sp³-hybridized carbons (Fsp3) is 0.375. The molecule has 0 aromatic heterocycles. The second-order valence-electron chi connectivity index (χ2n) is 8.23. The third-order valence-electron chi connectivity index (χ3n) is 6.02. The molecule has 0 aliphatic carbocycles. The first-order valence-electron chi connectivity index (χ1n) is 10.3. The van der Waals surface area contributed by atoms with E-state index in [0.29, 0.717) is 6.54 Å². The summed E-state index contributed by atoms with van der Waals surface area (Å²) in [6.45, 7) is 11.3. The van der Waals surface area contributed by atoms with Gasteiger partial charge in [0, 0.05) is 25.2 Å². The first kappa shape index (κ1) is 20.6. The Morgan fingerprint density at radius 1 is 1.07 bits per heavy atom. The van der Waals surface area contributed by atoms with Crippen molar-refractivity contribution in [3.05, 3.63) is 78.9 Å². The Hall–Kier alpha value is -2.17. The number of nitrogens with one attached hydrogen (secondary N) is 1. The van der Waals surface area contributed by atoms with Crippen molar-refractivity contribution >= 4 is 19.2 Å². The van der Waals surface area contributed by atoms with Crippen LogP contribution in [-0.4, -0.2) is 38.0 Å². The molecular formula is C24H32N2OSi. The van der Waals surface area contributed by atoms with Gasteiger partial charge in [0.2, 0.25) is 5.91 Å². The highest BCUT2D eigenvalue weighted by molar-refractivity contribution is 6.91. The molecule has 1 aliphatic rings. The lowest BCUT2D eigenvalue weighted by atomic mass is 10.1. The summed E-state index contributed by atoms with van der Waals surface area (Å²) in [5, 5.41) is 4.97. The Balaban J connectivity index is 1.88. The third kappa shape index (κ3) is 4.62. The number of benzene rings is 2. The molecule has 1 amide bonds. The van der Waals surface area contributed by atoms with E-state index in [-0.39, 0.29) is 17.5 Å². The third-order valence-corrected chi connectivity index (χ3v) is 10.1. The maximum absolute atomic E-state index is 13.5. The molecule has 1 fully saturated rings. The van der Waals surface area contributed by atoms with Crippen LogP contribution < -0.4 is 10.5 Å². The molecule has 28 heavy (non-hydrogen) atoms. The fourth-order valence-electron chi connectivity index (χ4n) is 4.23. The van der Waals surface area contributed by atoms with Crippen molar-refractivity contribution in [2.75, 3.05) is 13.1 Å². The van der Waals surface area contributed by atoms with Gasteiger partial charge in [0.1, 0.15) is 0 Å². The highest BCUT2D eigenvalue weighted by Gasteiger charge is 2.41. The molecule has 3 rings (SSSR count). The molecule has 3 nitrogen and oxygen atoms in total. The first-order valence-corrected chi connectivity index (χ1v) is 13.4. The maximum Gasteiger partial charge on any atom is 0.240 e. The van der Waals surface area contributed by atoms with Crippen molar-refractivity contribution < 1.29 is 4.79 Å². The number of likely N-dealkylation sites (tertiary alicyclic amines) is 1. The minimum absolute atomic E-state index is 0.117. The average Bonchev–Trinajstić information content (AvgIpc) is 3.27. The first-order chi connectivity index (χ1) is 13.5. The van der Waals surface area contributed by atoms with E-state index in [1.807, 2.05) is 29.2 Å². The largest absolute Gasteiger partial charge is 0.341 e. The summed E-state index contributed by atoms with van der Waals surface area (Å²) < 4.78 is 0. The second kappa shape index (κ2) is 9.35. The van der Waals surface area contributed by atoms with Gasteiger partial charge >= 0.3 is 0 Å².